The fourth-order valence-corrected chi connectivity index (χ4v) is 2.33. The molecule has 0 bridgehead atoms. The third-order valence-electron chi connectivity index (χ3n) is 3.91. The summed E-state index contributed by atoms with van der Waals surface area (Å²) in [6.07, 6.45) is 2.13. The molecule has 0 unspecified atom stereocenters. The second-order valence-corrected chi connectivity index (χ2v) is 5.67. The molecule has 1 aliphatic carbocycles. The van der Waals surface area contributed by atoms with E-state index in [0.717, 1.165) is 18.4 Å². The fraction of sp³-hybridized carbons (Fsp3) is 0.438. The molecule has 0 saturated heterocycles. The fourth-order valence-electron chi connectivity index (χ4n) is 2.33. The molecule has 1 saturated carbocycles. The van der Waals surface area contributed by atoms with Crippen LogP contribution in [0.25, 0.3) is 11.4 Å². The van der Waals surface area contributed by atoms with Gasteiger partial charge in [-0.15, -0.1) is 0 Å². The highest BCUT2D eigenvalue weighted by atomic mass is 16.5. The second kappa shape index (κ2) is 6.28. The van der Waals surface area contributed by atoms with Crippen LogP contribution in [-0.2, 0) is 0 Å². The quantitative estimate of drug-likeness (QED) is 0.917. The number of amides is 2. The number of hydrogen-bond acceptors (Lipinski definition) is 5. The van der Waals surface area contributed by atoms with E-state index in [2.05, 4.69) is 15.5 Å². The number of benzene rings is 1. The Bertz CT molecular complexity index is 696. The van der Waals surface area contributed by atoms with Crippen molar-refractivity contribution in [1.82, 2.24) is 20.4 Å². The summed E-state index contributed by atoms with van der Waals surface area (Å²) in [5.41, 5.74) is 0.749. The van der Waals surface area contributed by atoms with Crippen molar-refractivity contribution < 1.29 is 14.1 Å². The van der Waals surface area contributed by atoms with Gasteiger partial charge in [-0.3, -0.25) is 0 Å². The molecule has 3 rings (SSSR count). The van der Waals surface area contributed by atoms with Gasteiger partial charge in [0.05, 0.1) is 12.7 Å². The molecule has 1 aromatic heterocycles. The third-order valence-corrected chi connectivity index (χ3v) is 3.91. The molecule has 7 nitrogen and oxygen atoms in total. The van der Waals surface area contributed by atoms with Gasteiger partial charge >= 0.3 is 6.03 Å². The van der Waals surface area contributed by atoms with E-state index < -0.39 is 0 Å². The van der Waals surface area contributed by atoms with Gasteiger partial charge in [0.1, 0.15) is 11.8 Å². The maximum Gasteiger partial charge on any atom is 0.318 e. The van der Waals surface area contributed by atoms with Crippen LogP contribution in [0.5, 0.6) is 5.75 Å². The number of para-hydroxylation sites is 1. The first-order chi connectivity index (χ1) is 11.1. The molecular formula is C16H20N4O3. The highest BCUT2D eigenvalue weighted by Crippen LogP contribution is 2.28. The SMILES string of the molecule is COc1ccccc1-c1noc([C@H](C)NC(=O)N(C)C2CC2)n1. The lowest BCUT2D eigenvalue weighted by Crippen LogP contribution is -2.39. The molecule has 1 aromatic carbocycles. The van der Waals surface area contributed by atoms with Crippen LogP contribution in [0.3, 0.4) is 0 Å². The number of nitrogens with one attached hydrogen (secondary N) is 1. The molecule has 2 amide bonds. The summed E-state index contributed by atoms with van der Waals surface area (Å²) in [7, 11) is 3.39. The van der Waals surface area contributed by atoms with E-state index in [1.54, 1.807) is 19.1 Å². The van der Waals surface area contributed by atoms with E-state index in [0.29, 0.717) is 23.5 Å². The number of urea groups is 1. The third kappa shape index (κ3) is 3.28. The van der Waals surface area contributed by atoms with Crippen molar-refractivity contribution in [3.05, 3.63) is 30.2 Å². The Morgan fingerprint density at radius 1 is 1.43 bits per heavy atom. The summed E-state index contributed by atoms with van der Waals surface area (Å²) in [5, 5.41) is 6.85. The van der Waals surface area contributed by atoms with Gasteiger partial charge < -0.3 is 19.5 Å². The standard InChI is InChI=1S/C16H20N4O3/c1-10(17-16(21)20(2)11-8-9-11)15-18-14(19-23-15)12-6-4-5-7-13(12)22-3/h4-7,10-11H,8-9H2,1-3H3,(H,17,21)/t10-/m0/s1. The number of carbonyl (C=O) groups is 1. The monoisotopic (exact) mass is 316 g/mol. The summed E-state index contributed by atoms with van der Waals surface area (Å²) in [4.78, 5) is 18.2. The summed E-state index contributed by atoms with van der Waals surface area (Å²) in [5.74, 6) is 1.47. The topological polar surface area (TPSA) is 80.5 Å². The van der Waals surface area contributed by atoms with Gasteiger partial charge in [0.25, 0.3) is 0 Å². The molecule has 7 heteroatoms. The molecule has 0 aliphatic heterocycles. The lowest BCUT2D eigenvalue weighted by Gasteiger charge is -2.19. The zero-order valence-corrected chi connectivity index (χ0v) is 13.4. The van der Waals surface area contributed by atoms with Crippen LogP contribution in [0.1, 0.15) is 31.7 Å². The van der Waals surface area contributed by atoms with Gasteiger partial charge in [0, 0.05) is 13.1 Å². The zero-order chi connectivity index (χ0) is 16.4. The minimum Gasteiger partial charge on any atom is -0.496 e. The molecule has 0 spiro atoms. The minimum absolute atomic E-state index is 0.128. The van der Waals surface area contributed by atoms with Crippen LogP contribution in [-0.4, -0.2) is 41.3 Å². The van der Waals surface area contributed by atoms with Gasteiger partial charge in [0.2, 0.25) is 11.7 Å². The van der Waals surface area contributed by atoms with E-state index in [9.17, 15) is 4.79 Å². The summed E-state index contributed by atoms with van der Waals surface area (Å²) in [6, 6.07) is 7.31. The smallest absolute Gasteiger partial charge is 0.318 e. The van der Waals surface area contributed by atoms with Crippen molar-refractivity contribution >= 4 is 6.03 Å². The van der Waals surface area contributed by atoms with Crippen LogP contribution in [0.15, 0.2) is 28.8 Å². The Morgan fingerprint density at radius 2 is 2.17 bits per heavy atom. The Hall–Kier alpha value is -2.57. The molecule has 23 heavy (non-hydrogen) atoms. The number of methoxy groups -OCH3 is 1. The Labute approximate surface area is 134 Å². The van der Waals surface area contributed by atoms with E-state index in [1.807, 2.05) is 31.2 Å². The molecule has 122 valence electrons. The van der Waals surface area contributed by atoms with Gasteiger partial charge in [-0.2, -0.15) is 4.98 Å². The number of aromatic nitrogens is 2. The lowest BCUT2D eigenvalue weighted by atomic mass is 10.2. The van der Waals surface area contributed by atoms with Crippen molar-refractivity contribution in [2.24, 2.45) is 0 Å². The lowest BCUT2D eigenvalue weighted by molar-refractivity contribution is 0.200. The largest absolute Gasteiger partial charge is 0.496 e. The molecule has 2 aromatic rings. The Morgan fingerprint density at radius 3 is 2.87 bits per heavy atom. The highest BCUT2D eigenvalue weighted by Gasteiger charge is 2.30. The van der Waals surface area contributed by atoms with Crippen molar-refractivity contribution in [2.45, 2.75) is 31.8 Å². The summed E-state index contributed by atoms with van der Waals surface area (Å²) in [6.45, 7) is 1.82. The van der Waals surface area contributed by atoms with Crippen molar-refractivity contribution in [2.75, 3.05) is 14.2 Å². The number of rotatable bonds is 5. The Balaban J connectivity index is 1.72. The predicted octanol–water partition coefficient (Wildman–Crippen LogP) is 2.61. The number of nitrogens with zero attached hydrogens (tertiary/aromatic N) is 3. The van der Waals surface area contributed by atoms with Crippen molar-refractivity contribution in [1.29, 1.82) is 0 Å². The molecule has 1 N–H and O–H groups in total. The highest BCUT2D eigenvalue weighted by molar-refractivity contribution is 5.75. The average molecular weight is 316 g/mol. The van der Waals surface area contributed by atoms with E-state index in [-0.39, 0.29) is 12.1 Å². The molecule has 1 atom stereocenters. The van der Waals surface area contributed by atoms with E-state index in [4.69, 9.17) is 9.26 Å². The first-order valence-electron chi connectivity index (χ1n) is 7.60. The molecular weight excluding hydrogens is 296 g/mol. The van der Waals surface area contributed by atoms with Gasteiger partial charge in [0.15, 0.2) is 0 Å². The van der Waals surface area contributed by atoms with Crippen LogP contribution in [0, 0.1) is 0 Å². The Kier molecular flexibility index (Phi) is 4.18. The zero-order valence-electron chi connectivity index (χ0n) is 13.4. The van der Waals surface area contributed by atoms with Crippen LogP contribution in [0.4, 0.5) is 4.79 Å². The summed E-state index contributed by atoms with van der Waals surface area (Å²) < 4.78 is 10.6. The average Bonchev–Trinajstić information content (AvgIpc) is 3.30. The number of ether oxygens (including phenoxy) is 1. The van der Waals surface area contributed by atoms with Crippen LogP contribution in [0.2, 0.25) is 0 Å². The molecule has 1 aliphatic rings. The van der Waals surface area contributed by atoms with Crippen LogP contribution >= 0.6 is 0 Å². The number of carbonyl (C=O) groups excluding carboxylic acids is 1. The molecule has 0 radical (unpaired) electrons. The normalized spacial score (nSPS) is 15.1. The molecule has 1 heterocycles. The number of hydrogen-bond donors (Lipinski definition) is 1. The van der Waals surface area contributed by atoms with Crippen molar-refractivity contribution in [3.8, 4) is 17.1 Å². The first-order valence-corrected chi connectivity index (χ1v) is 7.60. The van der Waals surface area contributed by atoms with E-state index >= 15 is 0 Å². The predicted molar refractivity (Wildman–Crippen MR) is 84.0 cm³/mol. The van der Waals surface area contributed by atoms with Gasteiger partial charge in [-0.05, 0) is 31.9 Å². The summed E-state index contributed by atoms with van der Waals surface area (Å²) >= 11 is 0. The van der Waals surface area contributed by atoms with Gasteiger partial charge in [-0.25, -0.2) is 4.79 Å². The maximum atomic E-state index is 12.1. The van der Waals surface area contributed by atoms with E-state index in [1.165, 1.54) is 0 Å². The van der Waals surface area contributed by atoms with Crippen molar-refractivity contribution in [3.63, 3.8) is 0 Å². The maximum absolute atomic E-state index is 12.1. The minimum atomic E-state index is -0.361. The van der Waals surface area contributed by atoms with Gasteiger partial charge in [-0.1, -0.05) is 17.3 Å². The second-order valence-electron chi connectivity index (χ2n) is 5.67. The molecule has 1 fully saturated rings. The van der Waals surface area contributed by atoms with Crippen LogP contribution < -0.4 is 10.1 Å². The first kappa shape index (κ1) is 15.3.